The van der Waals surface area contributed by atoms with Gasteiger partial charge in [-0.25, -0.2) is 13.8 Å². The number of esters is 1. The topological polar surface area (TPSA) is 114 Å². The first-order chi connectivity index (χ1) is 21.0. The standard InChI is InChI=1S/C34H40ClN3O6S/c1-9-43-31(40)34(18-38(19-34)32(41)44-33(6,7)8)36-30(39)29-22(4)13-25(14-23(29)5)24-11-10-12-26(17-24)37-45(42)28-16-20(2)27(35)15-21(28)3/h10-17,37H,9,18-19H2,1-8H3,(H,36,39). The average molecular weight is 654 g/mol. The minimum Gasteiger partial charge on any atom is -0.464 e. The number of benzene rings is 3. The molecule has 2 N–H and O–H groups in total. The van der Waals surface area contributed by atoms with E-state index in [2.05, 4.69) is 10.0 Å². The van der Waals surface area contributed by atoms with Crippen LogP contribution in [0.1, 0.15) is 60.3 Å². The second kappa shape index (κ2) is 13.2. The first-order valence-corrected chi connectivity index (χ1v) is 16.2. The molecule has 0 aromatic heterocycles. The van der Waals surface area contributed by atoms with E-state index in [1.54, 1.807) is 27.7 Å². The van der Waals surface area contributed by atoms with E-state index in [-0.39, 0.29) is 19.7 Å². The summed E-state index contributed by atoms with van der Waals surface area (Å²) in [5.74, 6) is -1.04. The normalized spacial score (nSPS) is 14.6. The van der Waals surface area contributed by atoms with E-state index in [9.17, 15) is 18.6 Å². The zero-order valence-electron chi connectivity index (χ0n) is 26.9. The quantitative estimate of drug-likeness (QED) is 0.263. The Morgan fingerprint density at radius 2 is 1.58 bits per heavy atom. The molecular formula is C34H40ClN3O6S. The summed E-state index contributed by atoms with van der Waals surface area (Å²) < 4.78 is 26.9. The number of nitrogens with one attached hydrogen (secondary N) is 2. The van der Waals surface area contributed by atoms with Gasteiger partial charge in [0.15, 0.2) is 16.5 Å². The molecule has 3 aromatic rings. The van der Waals surface area contributed by atoms with E-state index in [4.69, 9.17) is 21.1 Å². The van der Waals surface area contributed by atoms with Crippen LogP contribution < -0.4 is 10.0 Å². The summed E-state index contributed by atoms with van der Waals surface area (Å²) in [7, 11) is -1.50. The van der Waals surface area contributed by atoms with Crippen molar-refractivity contribution in [1.82, 2.24) is 10.2 Å². The predicted molar refractivity (Wildman–Crippen MR) is 177 cm³/mol. The van der Waals surface area contributed by atoms with Gasteiger partial charge in [0.05, 0.1) is 24.6 Å². The van der Waals surface area contributed by atoms with Gasteiger partial charge in [-0.15, -0.1) is 0 Å². The minimum atomic E-state index is -1.50. The summed E-state index contributed by atoms with van der Waals surface area (Å²) in [6.45, 7) is 14.4. The maximum atomic E-state index is 13.6. The second-order valence-electron chi connectivity index (χ2n) is 12.4. The summed E-state index contributed by atoms with van der Waals surface area (Å²) in [5, 5.41) is 3.49. The van der Waals surface area contributed by atoms with Crippen LogP contribution in [0, 0.1) is 27.7 Å². The molecule has 45 heavy (non-hydrogen) atoms. The zero-order chi connectivity index (χ0) is 33.3. The fourth-order valence-electron chi connectivity index (χ4n) is 5.24. The van der Waals surface area contributed by atoms with E-state index in [1.165, 1.54) is 4.90 Å². The van der Waals surface area contributed by atoms with E-state index in [0.29, 0.717) is 32.3 Å². The maximum Gasteiger partial charge on any atom is 0.410 e. The SMILES string of the molecule is CCOC(=O)C1(NC(=O)c2c(C)cc(-c3cccc(NS(=O)c4cc(C)c(Cl)cc4C)c3)cc2C)CN(C(=O)OC(C)(C)C)C1. The molecule has 1 saturated heterocycles. The number of aryl methyl sites for hydroxylation is 4. The van der Waals surface area contributed by atoms with Gasteiger partial charge in [0.1, 0.15) is 5.60 Å². The van der Waals surface area contributed by atoms with Crippen LogP contribution in [0.5, 0.6) is 0 Å². The van der Waals surface area contributed by atoms with Crippen LogP contribution in [0.3, 0.4) is 0 Å². The molecule has 3 aromatic carbocycles. The van der Waals surface area contributed by atoms with Gasteiger partial charge >= 0.3 is 12.1 Å². The fraction of sp³-hybridized carbons (Fsp3) is 0.382. The number of ether oxygens (including phenoxy) is 2. The molecule has 11 heteroatoms. The van der Waals surface area contributed by atoms with Crippen molar-refractivity contribution >= 4 is 46.2 Å². The van der Waals surface area contributed by atoms with Crippen molar-refractivity contribution < 1.29 is 28.1 Å². The summed E-state index contributed by atoms with van der Waals surface area (Å²) in [4.78, 5) is 41.2. The highest BCUT2D eigenvalue weighted by molar-refractivity contribution is 7.86. The second-order valence-corrected chi connectivity index (χ2v) is 14.0. The molecule has 0 spiro atoms. The molecule has 0 bridgehead atoms. The number of nitrogens with zero attached hydrogens (tertiary/aromatic N) is 1. The van der Waals surface area contributed by atoms with Crippen LogP contribution >= 0.6 is 11.6 Å². The summed E-state index contributed by atoms with van der Waals surface area (Å²) in [5.41, 5.74) is 3.87. The lowest BCUT2D eigenvalue weighted by Gasteiger charge is -2.47. The van der Waals surface area contributed by atoms with Gasteiger partial charge in [-0.05, 0) is 113 Å². The van der Waals surface area contributed by atoms with Gasteiger partial charge in [-0.3, -0.25) is 4.79 Å². The van der Waals surface area contributed by atoms with E-state index in [1.807, 2.05) is 76.2 Å². The molecule has 2 amide bonds. The van der Waals surface area contributed by atoms with Gasteiger partial charge < -0.3 is 24.4 Å². The fourth-order valence-corrected chi connectivity index (χ4v) is 6.54. The van der Waals surface area contributed by atoms with Crippen molar-refractivity contribution in [2.45, 2.75) is 71.4 Å². The van der Waals surface area contributed by atoms with Crippen LogP contribution in [-0.4, -0.2) is 57.9 Å². The number of halogens is 1. The Balaban J connectivity index is 1.54. The highest BCUT2D eigenvalue weighted by atomic mass is 35.5. The molecule has 1 heterocycles. The maximum absolute atomic E-state index is 13.6. The van der Waals surface area contributed by atoms with Crippen LogP contribution in [0.2, 0.25) is 5.02 Å². The Bertz CT molecular complexity index is 1650. The molecule has 1 aliphatic rings. The van der Waals surface area contributed by atoms with Gasteiger partial charge in [-0.1, -0.05) is 35.9 Å². The van der Waals surface area contributed by atoms with E-state index < -0.39 is 40.1 Å². The number of carbonyl (C=O) groups is 3. The predicted octanol–water partition coefficient (Wildman–Crippen LogP) is 6.66. The zero-order valence-corrected chi connectivity index (χ0v) is 28.5. The molecule has 1 unspecified atom stereocenters. The lowest BCUT2D eigenvalue weighted by molar-refractivity contribution is -0.157. The third kappa shape index (κ3) is 7.68. The van der Waals surface area contributed by atoms with Gasteiger partial charge in [-0.2, -0.15) is 0 Å². The molecule has 0 radical (unpaired) electrons. The highest BCUT2D eigenvalue weighted by Crippen LogP contribution is 2.31. The van der Waals surface area contributed by atoms with Crippen molar-refractivity contribution in [2.24, 2.45) is 0 Å². The number of rotatable bonds is 8. The lowest BCUT2D eigenvalue weighted by Crippen LogP contribution is -2.75. The average Bonchev–Trinajstić information content (AvgIpc) is 2.91. The molecule has 4 rings (SSSR count). The number of amides is 2. The van der Waals surface area contributed by atoms with Crippen LogP contribution in [0.25, 0.3) is 11.1 Å². The Morgan fingerprint density at radius 1 is 0.933 bits per heavy atom. The summed E-state index contributed by atoms with van der Waals surface area (Å²) in [6, 6.07) is 15.0. The number of carbonyl (C=O) groups excluding carboxylic acids is 3. The molecule has 240 valence electrons. The van der Waals surface area contributed by atoms with Crippen LogP contribution in [0.4, 0.5) is 10.5 Å². The third-order valence-corrected chi connectivity index (χ3v) is 9.08. The first kappa shape index (κ1) is 34.0. The Labute approximate surface area is 272 Å². The van der Waals surface area contributed by atoms with Crippen molar-refractivity contribution in [3.05, 3.63) is 81.4 Å². The summed E-state index contributed by atoms with van der Waals surface area (Å²) in [6.07, 6.45) is -0.563. The molecule has 1 fully saturated rings. The van der Waals surface area contributed by atoms with E-state index >= 15 is 0 Å². The molecule has 0 aliphatic carbocycles. The first-order valence-electron chi connectivity index (χ1n) is 14.7. The van der Waals surface area contributed by atoms with Crippen LogP contribution in [-0.2, 0) is 25.3 Å². The largest absolute Gasteiger partial charge is 0.464 e. The van der Waals surface area contributed by atoms with Gasteiger partial charge in [0.25, 0.3) is 5.91 Å². The number of hydrogen-bond acceptors (Lipinski definition) is 6. The summed E-state index contributed by atoms with van der Waals surface area (Å²) >= 11 is 6.22. The Hall–Kier alpha value is -3.89. The molecular weight excluding hydrogens is 614 g/mol. The molecule has 9 nitrogen and oxygen atoms in total. The molecule has 0 saturated carbocycles. The van der Waals surface area contributed by atoms with Crippen molar-refractivity contribution in [3.8, 4) is 11.1 Å². The highest BCUT2D eigenvalue weighted by Gasteiger charge is 2.54. The van der Waals surface area contributed by atoms with Gasteiger partial charge in [0.2, 0.25) is 0 Å². The van der Waals surface area contributed by atoms with Crippen molar-refractivity contribution in [1.29, 1.82) is 0 Å². The van der Waals surface area contributed by atoms with Crippen molar-refractivity contribution in [3.63, 3.8) is 0 Å². The molecule has 1 aliphatic heterocycles. The Kier molecular flexibility index (Phi) is 9.99. The van der Waals surface area contributed by atoms with Crippen LogP contribution in [0.15, 0.2) is 53.4 Å². The lowest BCUT2D eigenvalue weighted by atomic mass is 9.88. The van der Waals surface area contributed by atoms with E-state index in [0.717, 1.165) is 22.3 Å². The number of likely N-dealkylation sites (tertiary alicyclic amines) is 1. The monoisotopic (exact) mass is 653 g/mol. The van der Waals surface area contributed by atoms with Crippen molar-refractivity contribution in [2.75, 3.05) is 24.4 Å². The van der Waals surface area contributed by atoms with Gasteiger partial charge in [0, 0.05) is 16.3 Å². The smallest absolute Gasteiger partial charge is 0.410 e. The number of hydrogen-bond donors (Lipinski definition) is 2. The minimum absolute atomic E-state index is 0.0566. The number of anilines is 1. The Morgan fingerprint density at radius 3 is 2.18 bits per heavy atom. The molecule has 1 atom stereocenters. The third-order valence-electron chi connectivity index (χ3n) is 7.41.